The molecular weight excluding hydrogens is 379 g/mol. The molecule has 1 aliphatic rings. The van der Waals surface area contributed by atoms with Crippen LogP contribution in [0.2, 0.25) is 0 Å². The summed E-state index contributed by atoms with van der Waals surface area (Å²) in [5, 5.41) is 10.5. The summed E-state index contributed by atoms with van der Waals surface area (Å²) in [6, 6.07) is 9.28. The Morgan fingerprint density at radius 3 is 2.77 bits per heavy atom. The number of rotatable bonds is 2. The number of pyridine rings is 1. The molecule has 150 valence electrons. The first-order valence-corrected chi connectivity index (χ1v) is 9.56. The van der Waals surface area contributed by atoms with Gasteiger partial charge in [-0.1, -0.05) is 24.0 Å². The number of likely N-dealkylation sites (N-methyl/N-ethyl adjacent to an activating group) is 1. The zero-order chi connectivity index (χ0) is 21.5. The molecule has 9 heteroatoms. The maximum atomic E-state index is 12.1. The molecule has 3 heterocycles. The normalized spacial score (nSPS) is 18.5. The molecular formula is C21H21BN6O2. The topological polar surface area (TPSA) is 131 Å². The number of nitrogen functional groups attached to an aromatic ring is 1. The van der Waals surface area contributed by atoms with E-state index in [4.69, 9.17) is 11.5 Å². The Balaban J connectivity index is 1.76. The molecule has 3 aromatic rings. The van der Waals surface area contributed by atoms with Crippen molar-refractivity contribution < 1.29 is 9.90 Å². The summed E-state index contributed by atoms with van der Waals surface area (Å²) in [4.78, 5) is 26.9. The van der Waals surface area contributed by atoms with Crippen LogP contribution in [0.1, 0.15) is 17.5 Å². The van der Waals surface area contributed by atoms with Crippen molar-refractivity contribution in [2.24, 2.45) is 5.73 Å². The summed E-state index contributed by atoms with van der Waals surface area (Å²) >= 11 is 0. The molecule has 1 aromatic carbocycles. The van der Waals surface area contributed by atoms with Gasteiger partial charge in [0.1, 0.15) is 5.52 Å². The van der Waals surface area contributed by atoms with Crippen molar-refractivity contribution in [1.29, 1.82) is 0 Å². The SMILES string of the molecule is Bc1nc(N)c2nc(-c3cccc(C#C[C@]4(O)CCN(C)C4=O)c3)cc(CN)c2n1. The van der Waals surface area contributed by atoms with Crippen molar-refractivity contribution in [2.75, 3.05) is 19.3 Å². The van der Waals surface area contributed by atoms with Gasteiger partial charge in [0.25, 0.3) is 5.91 Å². The molecule has 0 radical (unpaired) electrons. The minimum Gasteiger partial charge on any atom is -0.382 e. The third-order valence-electron chi connectivity index (χ3n) is 5.17. The number of likely N-dealkylation sites (tertiary alicyclic amines) is 1. The summed E-state index contributed by atoms with van der Waals surface area (Å²) in [7, 11) is 3.42. The third-order valence-corrected chi connectivity index (χ3v) is 5.17. The summed E-state index contributed by atoms with van der Waals surface area (Å²) in [5.41, 5.74) is 15.0. The molecule has 1 atom stereocenters. The van der Waals surface area contributed by atoms with Crippen LogP contribution in [0.3, 0.4) is 0 Å². The van der Waals surface area contributed by atoms with E-state index in [1.165, 1.54) is 4.90 Å². The number of nitrogens with zero attached hydrogens (tertiary/aromatic N) is 4. The van der Waals surface area contributed by atoms with E-state index in [0.29, 0.717) is 46.8 Å². The lowest BCUT2D eigenvalue weighted by Crippen LogP contribution is -2.37. The van der Waals surface area contributed by atoms with Crippen LogP contribution < -0.4 is 17.2 Å². The molecule has 0 bridgehead atoms. The van der Waals surface area contributed by atoms with Gasteiger partial charge in [0.2, 0.25) is 5.60 Å². The van der Waals surface area contributed by atoms with Crippen molar-refractivity contribution in [1.82, 2.24) is 19.9 Å². The van der Waals surface area contributed by atoms with Crippen molar-refractivity contribution in [3.05, 3.63) is 41.5 Å². The molecule has 0 unspecified atom stereocenters. The van der Waals surface area contributed by atoms with E-state index >= 15 is 0 Å². The highest BCUT2D eigenvalue weighted by molar-refractivity contribution is 6.29. The summed E-state index contributed by atoms with van der Waals surface area (Å²) in [6.07, 6.45) is 0.291. The first-order chi connectivity index (χ1) is 14.3. The number of nitrogens with two attached hydrogens (primary N) is 2. The molecule has 8 nitrogen and oxygen atoms in total. The Kier molecular flexibility index (Phi) is 4.90. The molecule has 1 aliphatic heterocycles. The number of hydrogen-bond donors (Lipinski definition) is 3. The monoisotopic (exact) mass is 400 g/mol. The zero-order valence-corrected chi connectivity index (χ0v) is 16.8. The van der Waals surface area contributed by atoms with Gasteiger partial charge in [-0.15, -0.1) is 0 Å². The molecule has 30 heavy (non-hydrogen) atoms. The Morgan fingerprint density at radius 2 is 2.07 bits per heavy atom. The van der Waals surface area contributed by atoms with Gasteiger partial charge in [-0.05, 0) is 23.8 Å². The lowest BCUT2D eigenvalue weighted by atomic mass is 10.0. The molecule has 5 N–H and O–H groups in total. The van der Waals surface area contributed by atoms with Gasteiger partial charge < -0.3 is 21.5 Å². The standard InChI is InChI=1S/C21H21BN6O2/c1-28-8-7-21(30,19(28)29)6-5-12-3-2-4-13(9-12)15-10-14(11-23)16-17(25-15)18(24)27-20(22)26-16/h2-4,9-10,30H,7-8,11,22-23H2,1H3,(H2,24,26,27)/t21-/m0/s1. The lowest BCUT2D eigenvalue weighted by Gasteiger charge is -2.13. The Bertz CT molecular complexity index is 1240. The van der Waals surface area contributed by atoms with E-state index in [0.717, 1.165) is 11.1 Å². The highest BCUT2D eigenvalue weighted by Crippen LogP contribution is 2.26. The second-order valence-corrected chi connectivity index (χ2v) is 7.39. The summed E-state index contributed by atoms with van der Waals surface area (Å²) < 4.78 is 0. The molecule has 1 amide bonds. The van der Waals surface area contributed by atoms with Crippen LogP contribution >= 0.6 is 0 Å². The van der Waals surface area contributed by atoms with Crippen LogP contribution in [0.5, 0.6) is 0 Å². The number of hydrogen-bond acceptors (Lipinski definition) is 7. The molecule has 2 aromatic heterocycles. The lowest BCUT2D eigenvalue weighted by molar-refractivity contribution is -0.137. The van der Waals surface area contributed by atoms with Gasteiger partial charge in [-0.2, -0.15) is 0 Å². The van der Waals surface area contributed by atoms with Crippen molar-refractivity contribution in [2.45, 2.75) is 18.6 Å². The summed E-state index contributed by atoms with van der Waals surface area (Å²) in [5.74, 6) is 5.59. The van der Waals surface area contributed by atoms with Gasteiger partial charge in [0.15, 0.2) is 13.7 Å². The minimum atomic E-state index is -1.64. The second-order valence-electron chi connectivity index (χ2n) is 7.39. The van der Waals surface area contributed by atoms with Gasteiger partial charge in [0.05, 0.1) is 16.9 Å². The first-order valence-electron chi connectivity index (χ1n) is 9.56. The number of carbonyl (C=O) groups excluding carboxylic acids is 1. The quantitative estimate of drug-likeness (QED) is 0.369. The third kappa shape index (κ3) is 3.47. The van der Waals surface area contributed by atoms with Gasteiger partial charge >= 0.3 is 0 Å². The van der Waals surface area contributed by atoms with Crippen molar-refractivity contribution in [3.63, 3.8) is 0 Å². The van der Waals surface area contributed by atoms with Gasteiger partial charge in [-0.25, -0.2) is 15.0 Å². The Labute approximate surface area is 174 Å². The van der Waals surface area contributed by atoms with Crippen molar-refractivity contribution >= 4 is 36.3 Å². The number of anilines is 1. The Hall–Kier alpha value is -3.48. The fourth-order valence-electron chi connectivity index (χ4n) is 3.51. The number of amides is 1. The Morgan fingerprint density at radius 1 is 1.27 bits per heavy atom. The van der Waals surface area contributed by atoms with E-state index in [9.17, 15) is 9.90 Å². The average Bonchev–Trinajstić information content (AvgIpc) is 3.00. The molecule has 4 rings (SSSR count). The van der Waals surface area contributed by atoms with E-state index < -0.39 is 5.60 Å². The van der Waals surface area contributed by atoms with E-state index in [1.807, 2.05) is 30.3 Å². The maximum absolute atomic E-state index is 12.1. The predicted molar refractivity (Wildman–Crippen MR) is 117 cm³/mol. The average molecular weight is 400 g/mol. The fraction of sp³-hybridized carbons (Fsp3) is 0.238. The van der Waals surface area contributed by atoms with E-state index in [1.54, 1.807) is 14.9 Å². The predicted octanol–water partition coefficient (Wildman–Crippen LogP) is -1.06. The number of fused-ring (bicyclic) bond motifs is 1. The van der Waals surface area contributed by atoms with E-state index in [2.05, 4.69) is 26.8 Å². The maximum Gasteiger partial charge on any atom is 0.267 e. The number of benzene rings is 1. The highest BCUT2D eigenvalue weighted by Gasteiger charge is 2.42. The fourth-order valence-corrected chi connectivity index (χ4v) is 3.51. The molecule has 1 saturated heterocycles. The van der Waals surface area contributed by atoms with Crippen molar-refractivity contribution in [3.8, 4) is 23.1 Å². The number of aromatic nitrogens is 3. The zero-order valence-electron chi connectivity index (χ0n) is 16.8. The van der Waals surface area contributed by atoms with Crippen LogP contribution in [0.4, 0.5) is 5.82 Å². The molecule has 0 spiro atoms. The molecule has 1 fully saturated rings. The van der Waals surface area contributed by atoms with Crippen LogP contribution in [-0.2, 0) is 11.3 Å². The second kappa shape index (κ2) is 7.41. The highest BCUT2D eigenvalue weighted by atomic mass is 16.3. The smallest absolute Gasteiger partial charge is 0.267 e. The number of aliphatic hydroxyl groups is 1. The molecule has 0 saturated carbocycles. The van der Waals surface area contributed by atoms with E-state index in [-0.39, 0.29) is 12.5 Å². The largest absolute Gasteiger partial charge is 0.382 e. The van der Waals surface area contributed by atoms with Gasteiger partial charge in [-0.3, -0.25) is 4.79 Å². The van der Waals surface area contributed by atoms with Crippen LogP contribution in [0.15, 0.2) is 30.3 Å². The molecule has 0 aliphatic carbocycles. The van der Waals surface area contributed by atoms with Crippen LogP contribution in [0.25, 0.3) is 22.3 Å². The van der Waals surface area contributed by atoms with Gasteiger partial charge in [0, 0.05) is 37.7 Å². The summed E-state index contributed by atoms with van der Waals surface area (Å²) in [6.45, 7) is 0.764. The minimum absolute atomic E-state index is 0.282. The first kappa shape index (κ1) is 19.8. The number of carbonyl (C=O) groups is 1. The van der Waals surface area contributed by atoms with Crippen LogP contribution in [0, 0.1) is 11.8 Å². The van der Waals surface area contributed by atoms with Crippen LogP contribution in [-0.4, -0.2) is 57.9 Å².